The highest BCUT2D eigenvalue weighted by atomic mass is 16.5. The van der Waals surface area contributed by atoms with E-state index in [0.717, 1.165) is 12.5 Å². The lowest BCUT2D eigenvalue weighted by Crippen LogP contribution is -2.38. The molecule has 0 aliphatic carbocycles. The van der Waals surface area contributed by atoms with Crippen molar-refractivity contribution in [2.45, 2.75) is 53.1 Å². The quantitative estimate of drug-likeness (QED) is 0.485. The number of aliphatic hydroxyl groups is 2. The second-order valence-corrected chi connectivity index (χ2v) is 9.21. The minimum absolute atomic E-state index is 0.163. The Bertz CT molecular complexity index is 677. The zero-order chi connectivity index (χ0) is 22.4. The highest BCUT2D eigenvalue weighted by Crippen LogP contribution is 2.35. The van der Waals surface area contributed by atoms with E-state index in [9.17, 15) is 19.8 Å². The van der Waals surface area contributed by atoms with Crippen molar-refractivity contribution in [3.63, 3.8) is 0 Å². The Labute approximate surface area is 177 Å². The van der Waals surface area contributed by atoms with Crippen LogP contribution in [0.5, 0.6) is 0 Å². The largest absolute Gasteiger partial charge is 0.502 e. The minimum Gasteiger partial charge on any atom is -0.502 e. The van der Waals surface area contributed by atoms with Crippen molar-refractivity contribution in [3.8, 4) is 0 Å². The van der Waals surface area contributed by atoms with Crippen LogP contribution in [0, 0.1) is 16.7 Å². The molecule has 2 aliphatic rings. The summed E-state index contributed by atoms with van der Waals surface area (Å²) < 4.78 is 21.9. The number of allylic oxidation sites excluding steroid dienone is 2. The van der Waals surface area contributed by atoms with Gasteiger partial charge in [0, 0.05) is 18.6 Å². The molecular formula is C22H34O8. The summed E-state index contributed by atoms with van der Waals surface area (Å²) in [5, 5.41) is 18.9. The second kappa shape index (κ2) is 10.3. The number of hydrogen-bond donors (Lipinski definition) is 2. The average Bonchev–Trinajstić information content (AvgIpc) is 2.67. The average molecular weight is 427 g/mol. The van der Waals surface area contributed by atoms with Crippen LogP contribution in [0.4, 0.5) is 0 Å². The predicted octanol–water partition coefficient (Wildman–Crippen LogP) is 3.22. The molecule has 0 amide bonds. The Hall–Kier alpha value is -2.06. The Morgan fingerprint density at radius 1 is 0.933 bits per heavy atom. The molecule has 0 aromatic heterocycles. The first-order chi connectivity index (χ1) is 14.0. The first-order valence-corrected chi connectivity index (χ1v) is 10.3. The van der Waals surface area contributed by atoms with Gasteiger partial charge in [0.25, 0.3) is 0 Å². The second-order valence-electron chi connectivity index (χ2n) is 9.21. The summed E-state index contributed by atoms with van der Waals surface area (Å²) in [7, 11) is 0. The number of Topliss-reactive ketones (excluding diaryl/α,β-unsaturated/α-hetero) is 2. The highest BCUT2D eigenvalue weighted by Gasteiger charge is 2.39. The van der Waals surface area contributed by atoms with E-state index < -0.39 is 5.92 Å². The maximum Gasteiger partial charge on any atom is 0.207 e. The molecule has 0 fully saturated rings. The standard InChI is InChI=1S/C22H34O8/c1-21(2,15-12-29-13-18(25)20(15)26)5-7-27-9-10-28-8-6-22(3,4)19-11-16(23)17(24)14-30-19/h13-15,19,24-25H,5-12H2,1-4H3. The van der Waals surface area contributed by atoms with Gasteiger partial charge in [0.05, 0.1) is 32.2 Å². The fourth-order valence-corrected chi connectivity index (χ4v) is 3.44. The van der Waals surface area contributed by atoms with Crippen LogP contribution in [0.15, 0.2) is 24.0 Å². The van der Waals surface area contributed by atoms with Crippen LogP contribution in [0.25, 0.3) is 0 Å². The molecule has 0 radical (unpaired) electrons. The number of ketones is 2. The van der Waals surface area contributed by atoms with Gasteiger partial charge in [-0.05, 0) is 18.3 Å². The van der Waals surface area contributed by atoms with Gasteiger partial charge < -0.3 is 29.2 Å². The van der Waals surface area contributed by atoms with E-state index in [2.05, 4.69) is 0 Å². The molecule has 170 valence electrons. The molecule has 2 aliphatic heterocycles. The van der Waals surface area contributed by atoms with Crippen LogP contribution in [0.1, 0.15) is 47.0 Å². The first kappa shape index (κ1) is 24.2. The zero-order valence-corrected chi connectivity index (χ0v) is 18.3. The van der Waals surface area contributed by atoms with Gasteiger partial charge in [0.15, 0.2) is 11.5 Å². The molecule has 8 nitrogen and oxygen atoms in total. The van der Waals surface area contributed by atoms with Gasteiger partial charge in [-0.2, -0.15) is 0 Å². The fraction of sp³-hybridized carbons (Fsp3) is 0.727. The minimum atomic E-state index is -0.393. The third kappa shape index (κ3) is 6.47. The molecule has 2 rings (SSSR count). The van der Waals surface area contributed by atoms with Crippen molar-refractivity contribution in [1.29, 1.82) is 0 Å². The van der Waals surface area contributed by atoms with E-state index in [1.54, 1.807) is 0 Å². The molecule has 0 spiro atoms. The normalized spacial score (nSPS) is 22.8. The number of hydrogen-bond acceptors (Lipinski definition) is 8. The van der Waals surface area contributed by atoms with Crippen molar-refractivity contribution in [2.24, 2.45) is 16.7 Å². The molecule has 2 heterocycles. The molecule has 2 N–H and O–H groups in total. The fourth-order valence-electron chi connectivity index (χ4n) is 3.44. The summed E-state index contributed by atoms with van der Waals surface area (Å²) in [4.78, 5) is 23.8. The number of carbonyl (C=O) groups is 2. The number of aliphatic hydroxyl groups excluding tert-OH is 2. The Morgan fingerprint density at radius 3 is 2.13 bits per heavy atom. The van der Waals surface area contributed by atoms with Gasteiger partial charge in [-0.25, -0.2) is 0 Å². The Morgan fingerprint density at radius 2 is 1.53 bits per heavy atom. The number of rotatable bonds is 11. The smallest absolute Gasteiger partial charge is 0.207 e. The van der Waals surface area contributed by atoms with Crippen LogP contribution in [-0.4, -0.2) is 60.9 Å². The lowest BCUT2D eigenvalue weighted by molar-refractivity contribution is -0.130. The SMILES string of the molecule is CC(C)(CCOCCOCCC(C)(C)C1COC=C(O)C1=O)C1CC(=O)C(O)=CO1. The van der Waals surface area contributed by atoms with Gasteiger partial charge in [-0.15, -0.1) is 0 Å². The zero-order valence-electron chi connectivity index (χ0n) is 18.3. The number of ether oxygens (including phenoxy) is 4. The van der Waals surface area contributed by atoms with E-state index in [0.29, 0.717) is 39.3 Å². The Kier molecular flexibility index (Phi) is 8.32. The summed E-state index contributed by atoms with van der Waals surface area (Å²) in [6.45, 7) is 10.1. The van der Waals surface area contributed by atoms with E-state index in [-0.39, 0.29) is 53.0 Å². The summed E-state index contributed by atoms with van der Waals surface area (Å²) in [6, 6.07) is 0. The van der Waals surface area contributed by atoms with Crippen molar-refractivity contribution in [1.82, 2.24) is 0 Å². The van der Waals surface area contributed by atoms with Gasteiger partial charge in [0.2, 0.25) is 11.6 Å². The summed E-state index contributed by atoms with van der Waals surface area (Å²) in [6.07, 6.45) is 3.45. The summed E-state index contributed by atoms with van der Waals surface area (Å²) >= 11 is 0. The van der Waals surface area contributed by atoms with Gasteiger partial charge >= 0.3 is 0 Å². The molecule has 2 atom stereocenters. The predicted molar refractivity (Wildman–Crippen MR) is 109 cm³/mol. The van der Waals surface area contributed by atoms with Crippen LogP contribution in [0.3, 0.4) is 0 Å². The molecule has 0 aromatic rings. The third-order valence-corrected chi connectivity index (χ3v) is 6.00. The van der Waals surface area contributed by atoms with Crippen molar-refractivity contribution >= 4 is 11.6 Å². The van der Waals surface area contributed by atoms with Crippen LogP contribution in [-0.2, 0) is 28.5 Å². The Balaban J connectivity index is 1.59. The number of carbonyl (C=O) groups excluding carboxylic acids is 2. The molecule has 0 aromatic carbocycles. The van der Waals surface area contributed by atoms with Crippen molar-refractivity contribution in [3.05, 3.63) is 24.0 Å². The topological polar surface area (TPSA) is 112 Å². The highest BCUT2D eigenvalue weighted by molar-refractivity contribution is 5.95. The maximum absolute atomic E-state index is 12.1. The van der Waals surface area contributed by atoms with Crippen LogP contribution < -0.4 is 0 Å². The van der Waals surface area contributed by atoms with Crippen molar-refractivity contribution < 1.29 is 38.7 Å². The molecular weight excluding hydrogens is 392 g/mol. The van der Waals surface area contributed by atoms with Gasteiger partial charge in [-0.1, -0.05) is 27.7 Å². The van der Waals surface area contributed by atoms with E-state index in [1.807, 2.05) is 27.7 Å². The van der Waals surface area contributed by atoms with Crippen LogP contribution >= 0.6 is 0 Å². The van der Waals surface area contributed by atoms with Crippen LogP contribution in [0.2, 0.25) is 0 Å². The molecule has 8 heteroatoms. The maximum atomic E-state index is 12.1. The van der Waals surface area contributed by atoms with Crippen molar-refractivity contribution in [2.75, 3.05) is 33.0 Å². The van der Waals surface area contributed by atoms with E-state index in [4.69, 9.17) is 18.9 Å². The van der Waals surface area contributed by atoms with E-state index >= 15 is 0 Å². The molecule has 30 heavy (non-hydrogen) atoms. The third-order valence-electron chi connectivity index (χ3n) is 6.00. The summed E-state index contributed by atoms with van der Waals surface area (Å²) in [5.74, 6) is -1.63. The lowest BCUT2D eigenvalue weighted by atomic mass is 9.74. The monoisotopic (exact) mass is 426 g/mol. The molecule has 0 saturated carbocycles. The lowest BCUT2D eigenvalue weighted by Gasteiger charge is -2.35. The molecule has 0 bridgehead atoms. The van der Waals surface area contributed by atoms with Gasteiger partial charge in [-0.3, -0.25) is 9.59 Å². The van der Waals surface area contributed by atoms with E-state index in [1.165, 1.54) is 0 Å². The van der Waals surface area contributed by atoms with Gasteiger partial charge in [0.1, 0.15) is 18.6 Å². The summed E-state index contributed by atoms with van der Waals surface area (Å²) in [5.41, 5.74) is -0.628. The first-order valence-electron chi connectivity index (χ1n) is 10.3. The molecule has 0 saturated heterocycles. The molecule has 2 unspecified atom stereocenters.